The van der Waals surface area contributed by atoms with E-state index in [0.29, 0.717) is 38.7 Å². The van der Waals surface area contributed by atoms with Gasteiger partial charge in [0.1, 0.15) is 11.9 Å². The van der Waals surface area contributed by atoms with E-state index in [1.165, 1.54) is 6.08 Å². The van der Waals surface area contributed by atoms with Gasteiger partial charge in [0.15, 0.2) is 0 Å². The first kappa shape index (κ1) is 21.5. The maximum absolute atomic E-state index is 11.2. The number of aromatic hydroxyl groups is 1. The predicted octanol–water partition coefficient (Wildman–Crippen LogP) is 6.11. The molecular formula is C25H18Cl2N4O. The maximum atomic E-state index is 11.2. The molecule has 0 saturated heterocycles. The molecule has 0 saturated carbocycles. The average molecular weight is 461 g/mol. The molecule has 0 bridgehead atoms. The summed E-state index contributed by atoms with van der Waals surface area (Å²) in [6.07, 6.45) is 1.53. The first-order valence-corrected chi connectivity index (χ1v) is 10.5. The average Bonchev–Trinajstić information content (AvgIpc) is 3.07. The molecule has 0 aliphatic carbocycles. The van der Waals surface area contributed by atoms with Crippen molar-refractivity contribution in [3.8, 4) is 17.6 Å². The quantitative estimate of drug-likeness (QED) is 0.214. The molecule has 0 radical (unpaired) electrons. The predicted molar refractivity (Wildman–Crippen MR) is 130 cm³/mol. The zero-order valence-corrected chi connectivity index (χ0v) is 18.3. The van der Waals surface area contributed by atoms with Gasteiger partial charge >= 0.3 is 0 Å². The van der Waals surface area contributed by atoms with Crippen LogP contribution in [0.15, 0.2) is 83.4 Å². The van der Waals surface area contributed by atoms with E-state index in [0.717, 1.165) is 5.56 Å². The Bertz CT molecular complexity index is 1380. The van der Waals surface area contributed by atoms with Crippen LogP contribution in [-0.4, -0.2) is 15.5 Å². The minimum Gasteiger partial charge on any atom is -0.494 e. The van der Waals surface area contributed by atoms with Crippen molar-refractivity contribution < 1.29 is 5.11 Å². The number of aliphatic imine (C=N–C) groups is 1. The van der Waals surface area contributed by atoms with E-state index in [1.807, 2.05) is 54.6 Å². The Hall–Kier alpha value is -3.72. The number of para-hydroxylation sites is 2. The third-order valence-corrected chi connectivity index (χ3v) is 5.62. The van der Waals surface area contributed by atoms with Crippen LogP contribution >= 0.6 is 23.2 Å². The van der Waals surface area contributed by atoms with Crippen LogP contribution in [0.1, 0.15) is 11.1 Å². The number of nitrogens with two attached hydrogens (primary N) is 1. The first-order chi connectivity index (χ1) is 15.5. The van der Waals surface area contributed by atoms with Crippen molar-refractivity contribution in [3.05, 3.63) is 99.5 Å². The van der Waals surface area contributed by atoms with Gasteiger partial charge in [0.25, 0.3) is 0 Å². The number of nitriles is 1. The van der Waals surface area contributed by atoms with Crippen LogP contribution in [0.25, 0.3) is 22.7 Å². The molecule has 1 aromatic heterocycles. The van der Waals surface area contributed by atoms with Crippen molar-refractivity contribution in [1.82, 2.24) is 4.57 Å². The van der Waals surface area contributed by atoms with Gasteiger partial charge in [-0.15, -0.1) is 0 Å². The van der Waals surface area contributed by atoms with Crippen LogP contribution < -0.4 is 5.73 Å². The van der Waals surface area contributed by atoms with Gasteiger partial charge in [-0.2, -0.15) is 5.26 Å². The molecule has 5 nitrogen and oxygen atoms in total. The lowest BCUT2D eigenvalue weighted by atomic mass is 10.1. The molecule has 0 amide bonds. The SMILES string of the molecule is N#CC(=Cc1c(O)n(-c2c(Cl)cccc2Cl)c2ccccc12)C(N)=NCc1ccccc1. The summed E-state index contributed by atoms with van der Waals surface area (Å²) in [5.74, 6) is -0.0202. The van der Waals surface area contributed by atoms with E-state index in [4.69, 9.17) is 28.9 Å². The van der Waals surface area contributed by atoms with E-state index in [2.05, 4.69) is 11.1 Å². The van der Waals surface area contributed by atoms with Crippen LogP contribution in [0.2, 0.25) is 10.0 Å². The number of hydrogen-bond acceptors (Lipinski definition) is 3. The van der Waals surface area contributed by atoms with Crippen molar-refractivity contribution in [1.29, 1.82) is 5.26 Å². The third-order valence-electron chi connectivity index (χ3n) is 5.01. The number of amidine groups is 1. The Labute approximate surface area is 195 Å². The second-order valence-corrected chi connectivity index (χ2v) is 7.83. The summed E-state index contributed by atoms with van der Waals surface area (Å²) >= 11 is 12.8. The first-order valence-electron chi connectivity index (χ1n) is 9.74. The van der Waals surface area contributed by atoms with Crippen molar-refractivity contribution in [2.75, 3.05) is 0 Å². The van der Waals surface area contributed by atoms with Crippen molar-refractivity contribution >= 4 is 46.0 Å². The fraction of sp³-hybridized carbons (Fsp3) is 0.0400. The number of fused-ring (bicyclic) bond motifs is 1. The summed E-state index contributed by atoms with van der Waals surface area (Å²) in [6.45, 7) is 0.342. The van der Waals surface area contributed by atoms with Gasteiger partial charge in [0, 0.05) is 10.9 Å². The Kier molecular flexibility index (Phi) is 6.18. The minimum absolute atomic E-state index is 0.0864. The van der Waals surface area contributed by atoms with Crippen LogP contribution in [0.3, 0.4) is 0 Å². The molecule has 32 heavy (non-hydrogen) atoms. The number of benzene rings is 3. The number of aromatic nitrogens is 1. The van der Waals surface area contributed by atoms with Gasteiger partial charge in [-0.25, -0.2) is 0 Å². The monoisotopic (exact) mass is 460 g/mol. The zero-order valence-electron chi connectivity index (χ0n) is 16.8. The van der Waals surface area contributed by atoms with E-state index >= 15 is 0 Å². The highest BCUT2D eigenvalue weighted by molar-refractivity contribution is 6.38. The Balaban J connectivity index is 1.85. The molecule has 0 aliphatic heterocycles. The fourth-order valence-corrected chi connectivity index (χ4v) is 4.04. The lowest BCUT2D eigenvalue weighted by molar-refractivity contribution is 0.444. The topological polar surface area (TPSA) is 87.3 Å². The van der Waals surface area contributed by atoms with E-state index in [-0.39, 0.29) is 17.3 Å². The van der Waals surface area contributed by atoms with Crippen molar-refractivity contribution in [2.24, 2.45) is 10.7 Å². The molecule has 0 fully saturated rings. The normalized spacial score (nSPS) is 12.2. The van der Waals surface area contributed by atoms with E-state index in [9.17, 15) is 10.4 Å². The molecule has 0 aliphatic rings. The summed E-state index contributed by atoms with van der Waals surface area (Å²) in [5, 5.41) is 22.4. The molecule has 4 rings (SSSR count). The highest BCUT2D eigenvalue weighted by Gasteiger charge is 2.20. The molecule has 1 heterocycles. The van der Waals surface area contributed by atoms with Gasteiger partial charge in [-0.1, -0.05) is 77.8 Å². The minimum atomic E-state index is -0.107. The maximum Gasteiger partial charge on any atom is 0.204 e. The molecule has 3 aromatic carbocycles. The molecule has 0 atom stereocenters. The zero-order chi connectivity index (χ0) is 22.7. The van der Waals surface area contributed by atoms with Crippen LogP contribution in [0.5, 0.6) is 5.88 Å². The van der Waals surface area contributed by atoms with Gasteiger partial charge in [0.2, 0.25) is 5.88 Å². The summed E-state index contributed by atoms with van der Waals surface area (Å²) in [6, 6.07) is 24.2. The molecule has 7 heteroatoms. The van der Waals surface area contributed by atoms with Crippen LogP contribution in [0, 0.1) is 11.3 Å². The van der Waals surface area contributed by atoms with Crippen LogP contribution in [-0.2, 0) is 6.54 Å². The standard InChI is InChI=1S/C25H18Cl2N4O/c26-20-10-6-11-21(27)23(20)31-22-12-5-4-9-18(22)19(25(31)32)13-17(14-28)24(29)30-15-16-7-2-1-3-8-16/h1-13,32H,15H2,(H2,29,30). The Morgan fingerprint density at radius 2 is 1.66 bits per heavy atom. The number of halogens is 2. The molecule has 158 valence electrons. The second kappa shape index (κ2) is 9.19. The fourth-order valence-electron chi connectivity index (χ4n) is 3.48. The highest BCUT2D eigenvalue weighted by Crippen LogP contribution is 2.40. The lowest BCUT2D eigenvalue weighted by Crippen LogP contribution is -2.14. The highest BCUT2D eigenvalue weighted by atomic mass is 35.5. The van der Waals surface area contributed by atoms with Gasteiger partial charge in [0.05, 0.1) is 33.4 Å². The van der Waals surface area contributed by atoms with Gasteiger partial charge in [-0.05, 0) is 29.8 Å². The number of nitrogens with zero attached hydrogens (tertiary/aromatic N) is 3. The molecule has 4 aromatic rings. The van der Waals surface area contributed by atoms with E-state index < -0.39 is 0 Å². The summed E-state index contributed by atoms with van der Waals surface area (Å²) in [5.41, 5.74) is 8.79. The Morgan fingerprint density at radius 3 is 2.34 bits per heavy atom. The van der Waals surface area contributed by atoms with Gasteiger partial charge in [-0.3, -0.25) is 9.56 Å². The van der Waals surface area contributed by atoms with E-state index in [1.54, 1.807) is 22.8 Å². The molecule has 3 N–H and O–H groups in total. The van der Waals surface area contributed by atoms with Crippen molar-refractivity contribution in [2.45, 2.75) is 6.54 Å². The third kappa shape index (κ3) is 4.06. The second-order valence-electron chi connectivity index (χ2n) is 7.02. The van der Waals surface area contributed by atoms with Gasteiger partial charge < -0.3 is 10.8 Å². The largest absolute Gasteiger partial charge is 0.494 e. The number of rotatable bonds is 5. The van der Waals surface area contributed by atoms with Crippen LogP contribution in [0.4, 0.5) is 0 Å². The van der Waals surface area contributed by atoms with Crippen molar-refractivity contribution in [3.63, 3.8) is 0 Å². The molecule has 0 unspecified atom stereocenters. The summed E-state index contributed by atoms with van der Waals surface area (Å²) in [7, 11) is 0. The lowest BCUT2D eigenvalue weighted by Gasteiger charge is -2.11. The number of hydrogen-bond donors (Lipinski definition) is 2. The smallest absolute Gasteiger partial charge is 0.204 e. The summed E-state index contributed by atoms with van der Waals surface area (Å²) < 4.78 is 1.57. The molecular weight excluding hydrogens is 443 g/mol. The Morgan fingerprint density at radius 1 is 1.00 bits per heavy atom. The molecule has 0 spiro atoms. The summed E-state index contributed by atoms with van der Waals surface area (Å²) in [4.78, 5) is 4.34.